The van der Waals surface area contributed by atoms with Gasteiger partial charge >= 0.3 is 0 Å². The Morgan fingerprint density at radius 3 is 2.16 bits per heavy atom. The molecule has 0 saturated heterocycles. The molecule has 110 valence electrons. The molecule has 0 aliphatic rings. The van der Waals surface area contributed by atoms with Crippen molar-refractivity contribution in [3.8, 4) is 0 Å². The van der Waals surface area contributed by atoms with Gasteiger partial charge in [0.15, 0.2) is 0 Å². The first-order valence-corrected chi connectivity index (χ1v) is 7.48. The maximum absolute atomic E-state index is 11.5. The third-order valence-corrected chi connectivity index (χ3v) is 3.23. The fourth-order valence-electron chi connectivity index (χ4n) is 2.04. The summed E-state index contributed by atoms with van der Waals surface area (Å²) >= 11 is 0. The lowest BCUT2D eigenvalue weighted by atomic mass is 10.1. The zero-order chi connectivity index (χ0) is 14.3. The smallest absolute Gasteiger partial charge is 0.219 e. The van der Waals surface area contributed by atoms with Gasteiger partial charge in [-0.3, -0.25) is 4.79 Å². The quantitative estimate of drug-likeness (QED) is 0.225. The van der Waals surface area contributed by atoms with Gasteiger partial charge in [0, 0.05) is 31.5 Å². The minimum atomic E-state index is 0.186. The number of carbonyl (C=O) groups is 1. The number of nitrogens with zero attached hydrogens (tertiary/aromatic N) is 4. The van der Waals surface area contributed by atoms with Crippen LogP contribution in [-0.4, -0.2) is 30.4 Å². The van der Waals surface area contributed by atoms with E-state index in [2.05, 4.69) is 16.9 Å². The second-order valence-corrected chi connectivity index (χ2v) is 4.94. The Balaban J connectivity index is 3.59. The highest BCUT2D eigenvalue weighted by molar-refractivity contribution is 5.73. The molecule has 0 radical (unpaired) electrons. The second kappa shape index (κ2) is 13.2. The van der Waals surface area contributed by atoms with Gasteiger partial charge < -0.3 is 4.90 Å². The zero-order valence-electron chi connectivity index (χ0n) is 12.5. The van der Waals surface area contributed by atoms with E-state index in [4.69, 9.17) is 5.53 Å². The molecule has 0 aliphatic carbocycles. The van der Waals surface area contributed by atoms with Gasteiger partial charge in [-0.25, -0.2) is 0 Å². The second-order valence-electron chi connectivity index (χ2n) is 4.94. The van der Waals surface area contributed by atoms with Gasteiger partial charge in [0.2, 0.25) is 5.91 Å². The van der Waals surface area contributed by atoms with Crippen molar-refractivity contribution in [2.45, 2.75) is 65.2 Å². The molecule has 0 aliphatic heterocycles. The first-order chi connectivity index (χ1) is 9.22. The van der Waals surface area contributed by atoms with E-state index < -0.39 is 0 Å². The number of hydrogen-bond donors (Lipinski definition) is 0. The lowest BCUT2D eigenvalue weighted by Crippen LogP contribution is -2.30. The summed E-state index contributed by atoms with van der Waals surface area (Å²) in [5.74, 6) is 0.186. The Morgan fingerprint density at radius 1 is 1.05 bits per heavy atom. The summed E-state index contributed by atoms with van der Waals surface area (Å²) in [4.78, 5) is 16.2. The Kier molecular flexibility index (Phi) is 12.4. The summed E-state index contributed by atoms with van der Waals surface area (Å²) in [5.41, 5.74) is 8.14. The largest absolute Gasteiger partial charge is 0.343 e. The highest BCUT2D eigenvalue weighted by Gasteiger charge is 2.07. The highest BCUT2D eigenvalue weighted by Crippen LogP contribution is 2.06. The van der Waals surface area contributed by atoms with Crippen molar-refractivity contribution in [3.05, 3.63) is 10.4 Å². The standard InChI is InChI=1S/C14H28N4O/c1-3-4-5-9-12-18(14(2)19)13-10-7-6-8-11-16-17-15/h3-13H2,1-2H3. The predicted octanol–water partition coefficient (Wildman–Crippen LogP) is 4.29. The van der Waals surface area contributed by atoms with Gasteiger partial charge in [0.25, 0.3) is 0 Å². The van der Waals surface area contributed by atoms with Crippen molar-refractivity contribution in [1.82, 2.24) is 4.90 Å². The van der Waals surface area contributed by atoms with Crippen LogP contribution in [0.5, 0.6) is 0 Å². The van der Waals surface area contributed by atoms with Crippen LogP contribution in [0.2, 0.25) is 0 Å². The maximum Gasteiger partial charge on any atom is 0.219 e. The van der Waals surface area contributed by atoms with E-state index in [9.17, 15) is 4.79 Å². The molecule has 0 saturated carbocycles. The van der Waals surface area contributed by atoms with Crippen LogP contribution in [0.3, 0.4) is 0 Å². The van der Waals surface area contributed by atoms with Crippen molar-refractivity contribution in [2.75, 3.05) is 19.6 Å². The van der Waals surface area contributed by atoms with Crippen LogP contribution in [-0.2, 0) is 4.79 Å². The molecule has 0 N–H and O–H groups in total. The van der Waals surface area contributed by atoms with E-state index >= 15 is 0 Å². The molecule has 0 aromatic carbocycles. The minimum absolute atomic E-state index is 0.186. The third kappa shape index (κ3) is 11.6. The van der Waals surface area contributed by atoms with Crippen LogP contribution in [0, 0.1) is 0 Å². The molecule has 0 rings (SSSR count). The van der Waals surface area contributed by atoms with Crippen LogP contribution in [0.25, 0.3) is 10.4 Å². The lowest BCUT2D eigenvalue weighted by molar-refractivity contribution is -0.129. The molecule has 0 fully saturated rings. The highest BCUT2D eigenvalue weighted by atomic mass is 16.2. The number of amides is 1. The van der Waals surface area contributed by atoms with E-state index in [0.29, 0.717) is 6.54 Å². The number of azide groups is 1. The summed E-state index contributed by atoms with van der Waals surface area (Å²) in [6.45, 7) is 6.20. The molecule has 0 bridgehead atoms. The van der Waals surface area contributed by atoms with Gasteiger partial charge in [0.1, 0.15) is 0 Å². The van der Waals surface area contributed by atoms with Crippen LogP contribution in [0.1, 0.15) is 65.2 Å². The van der Waals surface area contributed by atoms with Gasteiger partial charge in [-0.15, -0.1) is 0 Å². The van der Waals surface area contributed by atoms with E-state index in [-0.39, 0.29) is 5.91 Å². The Labute approximate surface area is 117 Å². The van der Waals surface area contributed by atoms with Crippen molar-refractivity contribution in [2.24, 2.45) is 5.11 Å². The fraction of sp³-hybridized carbons (Fsp3) is 0.929. The van der Waals surface area contributed by atoms with Gasteiger partial charge in [-0.05, 0) is 24.8 Å². The zero-order valence-corrected chi connectivity index (χ0v) is 12.5. The van der Waals surface area contributed by atoms with Crippen LogP contribution in [0.15, 0.2) is 5.11 Å². The molecular formula is C14H28N4O. The third-order valence-electron chi connectivity index (χ3n) is 3.23. The Morgan fingerprint density at radius 2 is 1.63 bits per heavy atom. The first-order valence-electron chi connectivity index (χ1n) is 7.48. The van der Waals surface area contributed by atoms with E-state index in [1.54, 1.807) is 6.92 Å². The van der Waals surface area contributed by atoms with E-state index in [0.717, 1.165) is 45.2 Å². The number of hydrogen-bond acceptors (Lipinski definition) is 2. The molecule has 0 spiro atoms. The molecule has 5 nitrogen and oxygen atoms in total. The molecular weight excluding hydrogens is 240 g/mol. The summed E-state index contributed by atoms with van der Waals surface area (Å²) in [7, 11) is 0. The summed E-state index contributed by atoms with van der Waals surface area (Å²) in [6.07, 6.45) is 8.97. The maximum atomic E-state index is 11.5. The molecule has 0 unspecified atom stereocenters. The number of unbranched alkanes of at least 4 members (excludes halogenated alkanes) is 6. The monoisotopic (exact) mass is 268 g/mol. The molecule has 0 aromatic heterocycles. The van der Waals surface area contributed by atoms with Crippen molar-refractivity contribution < 1.29 is 4.79 Å². The fourth-order valence-corrected chi connectivity index (χ4v) is 2.04. The molecule has 0 heterocycles. The van der Waals surface area contributed by atoms with Gasteiger partial charge in [0.05, 0.1) is 0 Å². The average Bonchev–Trinajstić information content (AvgIpc) is 2.39. The predicted molar refractivity (Wildman–Crippen MR) is 78.9 cm³/mol. The van der Waals surface area contributed by atoms with Crippen LogP contribution >= 0.6 is 0 Å². The normalized spacial score (nSPS) is 10.0. The lowest BCUT2D eigenvalue weighted by Gasteiger charge is -2.20. The van der Waals surface area contributed by atoms with E-state index in [1.807, 2.05) is 4.90 Å². The average molecular weight is 268 g/mol. The van der Waals surface area contributed by atoms with Gasteiger partial charge in [-0.2, -0.15) is 0 Å². The molecule has 5 heteroatoms. The van der Waals surface area contributed by atoms with Crippen LogP contribution < -0.4 is 0 Å². The summed E-state index contributed by atoms with van der Waals surface area (Å²) in [6, 6.07) is 0. The topological polar surface area (TPSA) is 69.1 Å². The van der Waals surface area contributed by atoms with E-state index in [1.165, 1.54) is 19.3 Å². The van der Waals surface area contributed by atoms with Crippen molar-refractivity contribution >= 4 is 5.91 Å². The van der Waals surface area contributed by atoms with Gasteiger partial charge in [-0.1, -0.05) is 44.1 Å². The summed E-state index contributed by atoms with van der Waals surface area (Å²) < 4.78 is 0. The Bertz CT molecular complexity index is 275. The number of rotatable bonds is 12. The van der Waals surface area contributed by atoms with Crippen molar-refractivity contribution in [1.29, 1.82) is 0 Å². The SMILES string of the molecule is CCCCCCN(CCCCCCN=[N+]=[N-])C(C)=O. The minimum Gasteiger partial charge on any atom is -0.343 e. The number of carbonyl (C=O) groups excluding carboxylic acids is 1. The van der Waals surface area contributed by atoms with Crippen molar-refractivity contribution in [3.63, 3.8) is 0 Å². The molecule has 1 amide bonds. The molecule has 19 heavy (non-hydrogen) atoms. The molecule has 0 aromatic rings. The molecule has 0 atom stereocenters. The first kappa shape index (κ1) is 17.8. The van der Waals surface area contributed by atoms with Crippen LogP contribution in [0.4, 0.5) is 0 Å². The summed E-state index contributed by atoms with van der Waals surface area (Å²) in [5, 5.41) is 3.51. The Hall–Kier alpha value is -1.22.